The molecule has 0 aromatic rings. The molecule has 0 aliphatic heterocycles. The summed E-state index contributed by atoms with van der Waals surface area (Å²) in [4.78, 5) is 0. The molecule has 0 radical (unpaired) electrons. The molecule has 0 spiro atoms. The second-order valence-corrected chi connectivity index (χ2v) is 10.1. The molecule has 2 fully saturated rings. The van der Waals surface area contributed by atoms with E-state index in [1.54, 1.807) is 6.08 Å². The summed E-state index contributed by atoms with van der Waals surface area (Å²) in [7, 11) is 0. The summed E-state index contributed by atoms with van der Waals surface area (Å²) in [6.07, 6.45) is 15.3. The van der Waals surface area contributed by atoms with Crippen LogP contribution in [-0.4, -0.2) is 12.2 Å². The summed E-state index contributed by atoms with van der Waals surface area (Å²) in [5.74, 6) is 0.830. The van der Waals surface area contributed by atoms with Crippen molar-refractivity contribution < 1.29 is 13.5 Å². The van der Waals surface area contributed by atoms with Crippen LogP contribution in [0, 0.1) is 23.2 Å². The van der Waals surface area contributed by atoms with E-state index in [9.17, 15) is 0 Å². The smallest absolute Gasteiger partial charge is 0.400 e. The number of rotatable bonds is 7. The molecule has 0 heterocycles. The predicted octanol–water partition coefficient (Wildman–Crippen LogP) is 7.29. The van der Waals surface area contributed by atoms with Crippen molar-refractivity contribution in [1.82, 2.24) is 0 Å². The van der Waals surface area contributed by atoms with Crippen molar-refractivity contribution in [2.75, 3.05) is 0 Å². The van der Waals surface area contributed by atoms with Crippen molar-refractivity contribution in [1.29, 1.82) is 0 Å². The minimum atomic E-state index is -3.13. The molecule has 0 saturated heterocycles. The zero-order valence-electron chi connectivity index (χ0n) is 18.7. The maximum atomic E-state index is 15.1. The van der Waals surface area contributed by atoms with Crippen LogP contribution >= 0.6 is 0 Å². The molecule has 0 bridgehead atoms. The van der Waals surface area contributed by atoms with E-state index in [2.05, 4.69) is 19.6 Å². The van der Waals surface area contributed by atoms with Crippen molar-refractivity contribution in [3.05, 3.63) is 48.3 Å². The van der Waals surface area contributed by atoms with Crippen LogP contribution in [0.2, 0.25) is 0 Å². The standard InChI is InChI=1S/C26H39F2NO/c1-4-5-16-25(3)17-19(2)6-15-24(18-25)30-26(27,28)22-11-7-20(8-12-22)21-9-13-23(29)14-10-21/h4,6,15,17-18,20-23H,1,5,7-14,16,29H2,2-3H3. The Hall–Kier alpha value is -1.42. The Morgan fingerprint density at radius 1 is 1.07 bits per heavy atom. The summed E-state index contributed by atoms with van der Waals surface area (Å²) in [6.45, 7) is 7.85. The van der Waals surface area contributed by atoms with Gasteiger partial charge in [-0.2, -0.15) is 8.78 Å². The zero-order valence-corrected chi connectivity index (χ0v) is 18.7. The van der Waals surface area contributed by atoms with Crippen LogP contribution in [0.25, 0.3) is 0 Å². The summed E-state index contributed by atoms with van der Waals surface area (Å²) in [6, 6.07) is 0.339. The lowest BCUT2D eigenvalue weighted by molar-refractivity contribution is -0.254. The number of halogens is 2. The van der Waals surface area contributed by atoms with Gasteiger partial charge in [0.1, 0.15) is 5.76 Å². The molecule has 0 aromatic carbocycles. The van der Waals surface area contributed by atoms with Crippen LogP contribution in [0.1, 0.15) is 78.1 Å². The monoisotopic (exact) mass is 419 g/mol. The van der Waals surface area contributed by atoms with Gasteiger partial charge >= 0.3 is 6.11 Å². The minimum absolute atomic E-state index is 0.281. The molecule has 3 aliphatic rings. The largest absolute Gasteiger partial charge is 0.433 e. The van der Waals surface area contributed by atoms with Gasteiger partial charge < -0.3 is 10.5 Å². The highest BCUT2D eigenvalue weighted by atomic mass is 19.3. The van der Waals surface area contributed by atoms with Gasteiger partial charge in [0.15, 0.2) is 0 Å². The van der Waals surface area contributed by atoms with Crippen LogP contribution in [-0.2, 0) is 4.74 Å². The molecule has 4 heteroatoms. The fourth-order valence-corrected chi connectivity index (χ4v) is 5.60. The third-order valence-corrected chi connectivity index (χ3v) is 7.41. The van der Waals surface area contributed by atoms with E-state index in [1.807, 2.05) is 25.2 Å². The lowest BCUT2D eigenvalue weighted by Crippen LogP contribution is -2.37. The SMILES string of the molecule is C=CCCC1(C)C=C(C)C=CC(OC(F)(F)C2CCC(C3CCC(N)CC3)CC2)=C1. The van der Waals surface area contributed by atoms with Gasteiger partial charge in [0.2, 0.25) is 0 Å². The lowest BCUT2D eigenvalue weighted by atomic mass is 9.70. The molecule has 30 heavy (non-hydrogen) atoms. The Morgan fingerprint density at radius 3 is 2.27 bits per heavy atom. The fraction of sp³-hybridized carbons (Fsp3) is 0.692. The van der Waals surface area contributed by atoms with Crippen LogP contribution in [0.15, 0.2) is 48.3 Å². The third kappa shape index (κ3) is 6.06. The van der Waals surface area contributed by atoms with E-state index >= 15 is 8.78 Å². The van der Waals surface area contributed by atoms with Gasteiger partial charge in [-0.1, -0.05) is 30.7 Å². The van der Waals surface area contributed by atoms with E-state index in [0.717, 1.165) is 56.9 Å². The maximum absolute atomic E-state index is 15.1. The normalized spacial score (nSPS) is 35.2. The fourth-order valence-electron chi connectivity index (χ4n) is 5.60. The molecular formula is C26H39F2NO. The van der Waals surface area contributed by atoms with Crippen molar-refractivity contribution in [3.8, 4) is 0 Å². The van der Waals surface area contributed by atoms with Crippen LogP contribution < -0.4 is 5.73 Å². The summed E-state index contributed by atoms with van der Waals surface area (Å²) >= 11 is 0. The number of hydrogen-bond acceptors (Lipinski definition) is 2. The van der Waals surface area contributed by atoms with E-state index in [4.69, 9.17) is 10.5 Å². The lowest BCUT2D eigenvalue weighted by Gasteiger charge is -2.39. The highest BCUT2D eigenvalue weighted by molar-refractivity contribution is 5.33. The molecule has 2 N–H and O–H groups in total. The quantitative estimate of drug-likeness (QED) is 0.440. The summed E-state index contributed by atoms with van der Waals surface area (Å²) in [5.41, 5.74) is 6.77. The van der Waals surface area contributed by atoms with Crippen molar-refractivity contribution >= 4 is 0 Å². The second kappa shape index (κ2) is 9.80. The Labute approximate surface area is 181 Å². The van der Waals surface area contributed by atoms with Gasteiger partial charge in [0.25, 0.3) is 0 Å². The number of allylic oxidation sites excluding steroid dienone is 6. The Kier molecular flexibility index (Phi) is 7.60. The van der Waals surface area contributed by atoms with E-state index < -0.39 is 12.0 Å². The molecule has 2 nitrogen and oxygen atoms in total. The molecule has 0 aromatic heterocycles. The van der Waals surface area contributed by atoms with Gasteiger partial charge in [-0.25, -0.2) is 0 Å². The first kappa shape index (κ1) is 23.2. The third-order valence-electron chi connectivity index (χ3n) is 7.41. The van der Waals surface area contributed by atoms with Crippen molar-refractivity contribution in [2.45, 2.75) is 90.2 Å². The maximum Gasteiger partial charge on any atom is 0.400 e. The Morgan fingerprint density at radius 2 is 1.67 bits per heavy atom. The molecule has 168 valence electrons. The average Bonchev–Trinajstić information content (AvgIpc) is 2.84. The predicted molar refractivity (Wildman–Crippen MR) is 120 cm³/mol. The van der Waals surface area contributed by atoms with Crippen molar-refractivity contribution in [3.63, 3.8) is 0 Å². The van der Waals surface area contributed by atoms with E-state index in [-0.39, 0.29) is 11.2 Å². The molecule has 3 rings (SSSR count). The first-order valence-corrected chi connectivity index (χ1v) is 11.7. The van der Waals surface area contributed by atoms with Gasteiger partial charge in [-0.15, -0.1) is 6.58 Å². The first-order chi connectivity index (χ1) is 14.2. The van der Waals surface area contributed by atoms with Gasteiger partial charge in [0.05, 0.1) is 5.92 Å². The summed E-state index contributed by atoms with van der Waals surface area (Å²) < 4.78 is 35.6. The second-order valence-electron chi connectivity index (χ2n) is 10.1. The summed E-state index contributed by atoms with van der Waals surface area (Å²) in [5, 5.41) is 0. The number of hydrogen-bond donors (Lipinski definition) is 1. The Balaban J connectivity index is 1.60. The van der Waals surface area contributed by atoms with Crippen molar-refractivity contribution in [2.24, 2.45) is 28.9 Å². The molecule has 3 aliphatic carbocycles. The van der Waals surface area contributed by atoms with Gasteiger partial charge in [0, 0.05) is 11.5 Å². The van der Waals surface area contributed by atoms with Crippen LogP contribution in [0.3, 0.4) is 0 Å². The van der Waals surface area contributed by atoms with Crippen LogP contribution in [0.5, 0.6) is 0 Å². The van der Waals surface area contributed by atoms with E-state index in [0.29, 0.717) is 30.7 Å². The molecule has 1 unspecified atom stereocenters. The first-order valence-electron chi connectivity index (χ1n) is 11.7. The van der Waals surface area contributed by atoms with E-state index in [1.165, 1.54) is 0 Å². The molecule has 2 saturated carbocycles. The Bertz CT molecular complexity index is 679. The van der Waals surface area contributed by atoms with Crippen LogP contribution in [0.4, 0.5) is 8.78 Å². The average molecular weight is 420 g/mol. The molecule has 0 amide bonds. The number of nitrogens with two attached hydrogens (primary N) is 1. The zero-order chi connectivity index (χ0) is 21.8. The van der Waals surface area contributed by atoms with Gasteiger partial charge in [-0.05, 0) is 95.1 Å². The molecule has 1 atom stereocenters. The highest BCUT2D eigenvalue weighted by Crippen LogP contribution is 2.45. The minimum Gasteiger partial charge on any atom is -0.433 e. The topological polar surface area (TPSA) is 35.2 Å². The van der Waals surface area contributed by atoms with Gasteiger partial charge in [-0.3, -0.25) is 0 Å². The number of alkyl halides is 2. The highest BCUT2D eigenvalue weighted by Gasteiger charge is 2.45. The number of ether oxygens (including phenoxy) is 1. The molecular weight excluding hydrogens is 380 g/mol.